The van der Waals surface area contributed by atoms with E-state index in [-0.39, 0.29) is 17.7 Å². The van der Waals surface area contributed by atoms with Crippen molar-refractivity contribution in [2.75, 3.05) is 20.3 Å². The standard InChI is InChI=1S/C17H21ClN4O4S/c1-26-7-6-19-17(23)16-9-15-8-14(10-22(15)20-16)21-27(24,25)11-12-2-4-13(18)5-3-12/h2-5,9,14,21H,6-8,10-11H2,1H3,(H,19,23)/t14-/m0/s1. The van der Waals surface area contributed by atoms with Gasteiger partial charge in [-0.05, 0) is 23.8 Å². The van der Waals surface area contributed by atoms with Crippen LogP contribution in [-0.2, 0) is 33.5 Å². The monoisotopic (exact) mass is 412 g/mol. The van der Waals surface area contributed by atoms with Crippen LogP contribution in [0.25, 0.3) is 0 Å². The molecule has 1 aliphatic rings. The summed E-state index contributed by atoms with van der Waals surface area (Å²) in [5.74, 6) is -0.385. The molecular formula is C17H21ClN4O4S. The minimum Gasteiger partial charge on any atom is -0.383 e. The molecule has 1 aromatic heterocycles. The molecule has 1 amide bonds. The Balaban J connectivity index is 1.56. The van der Waals surface area contributed by atoms with Gasteiger partial charge in [-0.3, -0.25) is 9.48 Å². The molecule has 0 radical (unpaired) electrons. The number of sulfonamides is 1. The number of benzene rings is 1. The average Bonchev–Trinajstić information content (AvgIpc) is 3.14. The van der Waals surface area contributed by atoms with Gasteiger partial charge in [-0.25, -0.2) is 13.1 Å². The lowest BCUT2D eigenvalue weighted by Crippen LogP contribution is -2.37. The first kappa shape index (κ1) is 19.8. The Hall–Kier alpha value is -1.94. The molecule has 0 aliphatic carbocycles. The third-order valence-corrected chi connectivity index (χ3v) is 5.81. The maximum atomic E-state index is 12.4. The van der Waals surface area contributed by atoms with E-state index in [9.17, 15) is 13.2 Å². The zero-order valence-electron chi connectivity index (χ0n) is 14.8. The summed E-state index contributed by atoms with van der Waals surface area (Å²) in [5.41, 5.74) is 1.81. The second-order valence-electron chi connectivity index (χ2n) is 6.36. The molecular weight excluding hydrogens is 392 g/mol. The Bertz CT molecular complexity index is 888. The van der Waals surface area contributed by atoms with E-state index in [0.717, 1.165) is 5.69 Å². The predicted octanol–water partition coefficient (Wildman–Crippen LogP) is 0.957. The molecule has 2 aromatic rings. The van der Waals surface area contributed by atoms with Crippen molar-refractivity contribution < 1.29 is 17.9 Å². The van der Waals surface area contributed by atoms with Crippen LogP contribution in [0.3, 0.4) is 0 Å². The van der Waals surface area contributed by atoms with Gasteiger partial charge in [-0.15, -0.1) is 0 Å². The Morgan fingerprint density at radius 1 is 1.37 bits per heavy atom. The normalized spacial score (nSPS) is 16.3. The molecule has 0 saturated heterocycles. The number of aromatic nitrogens is 2. The largest absolute Gasteiger partial charge is 0.383 e. The van der Waals surface area contributed by atoms with Gasteiger partial charge in [-0.1, -0.05) is 23.7 Å². The first-order valence-electron chi connectivity index (χ1n) is 8.44. The van der Waals surface area contributed by atoms with E-state index >= 15 is 0 Å². The SMILES string of the molecule is COCCNC(=O)c1cc2n(n1)C[C@@H](NS(=O)(=O)Cc1ccc(Cl)cc1)C2. The second kappa shape index (κ2) is 8.39. The fourth-order valence-electron chi connectivity index (χ4n) is 2.95. The molecule has 0 bridgehead atoms. The molecule has 8 nitrogen and oxygen atoms in total. The van der Waals surface area contributed by atoms with Crippen LogP contribution >= 0.6 is 11.6 Å². The third-order valence-electron chi connectivity index (χ3n) is 4.15. The fraction of sp³-hybridized carbons (Fsp3) is 0.412. The van der Waals surface area contributed by atoms with Crippen LogP contribution in [0, 0.1) is 0 Å². The first-order valence-corrected chi connectivity index (χ1v) is 10.5. The summed E-state index contributed by atoms with van der Waals surface area (Å²) in [6.07, 6.45) is 0.484. The maximum Gasteiger partial charge on any atom is 0.271 e. The number of fused-ring (bicyclic) bond motifs is 1. The summed E-state index contributed by atoms with van der Waals surface area (Å²) in [6, 6.07) is 8.12. The molecule has 1 aliphatic heterocycles. The van der Waals surface area contributed by atoms with Crippen LogP contribution in [0.4, 0.5) is 0 Å². The molecule has 0 saturated carbocycles. The highest BCUT2D eigenvalue weighted by atomic mass is 35.5. The summed E-state index contributed by atoms with van der Waals surface area (Å²) in [7, 11) is -1.93. The fourth-order valence-corrected chi connectivity index (χ4v) is 4.45. The van der Waals surface area contributed by atoms with E-state index in [4.69, 9.17) is 16.3 Å². The van der Waals surface area contributed by atoms with Crippen molar-refractivity contribution in [3.63, 3.8) is 0 Å². The van der Waals surface area contributed by atoms with Crippen molar-refractivity contribution in [3.8, 4) is 0 Å². The number of methoxy groups -OCH3 is 1. The molecule has 1 atom stereocenters. The minimum absolute atomic E-state index is 0.115. The van der Waals surface area contributed by atoms with Gasteiger partial charge in [0.15, 0.2) is 0 Å². The van der Waals surface area contributed by atoms with E-state index in [0.29, 0.717) is 42.4 Å². The van der Waals surface area contributed by atoms with E-state index < -0.39 is 10.0 Å². The number of rotatable bonds is 8. The van der Waals surface area contributed by atoms with Gasteiger partial charge in [0.1, 0.15) is 5.69 Å². The van der Waals surface area contributed by atoms with Crippen LogP contribution < -0.4 is 10.0 Å². The predicted molar refractivity (Wildman–Crippen MR) is 101 cm³/mol. The molecule has 27 heavy (non-hydrogen) atoms. The molecule has 0 fully saturated rings. The highest BCUT2D eigenvalue weighted by molar-refractivity contribution is 7.88. The molecule has 2 N–H and O–H groups in total. The lowest BCUT2D eigenvalue weighted by Gasteiger charge is -2.12. The highest BCUT2D eigenvalue weighted by Gasteiger charge is 2.28. The topological polar surface area (TPSA) is 102 Å². The summed E-state index contributed by atoms with van der Waals surface area (Å²) >= 11 is 5.82. The Labute approximate surface area is 162 Å². The van der Waals surface area contributed by atoms with Crippen LogP contribution in [-0.4, -0.2) is 50.4 Å². The number of amides is 1. The van der Waals surface area contributed by atoms with Crippen molar-refractivity contribution in [1.29, 1.82) is 0 Å². The van der Waals surface area contributed by atoms with Crippen LogP contribution in [0.1, 0.15) is 21.7 Å². The van der Waals surface area contributed by atoms with E-state index in [2.05, 4.69) is 15.1 Å². The molecule has 0 unspecified atom stereocenters. The molecule has 2 heterocycles. The van der Waals surface area contributed by atoms with Gasteiger partial charge in [-0.2, -0.15) is 5.10 Å². The van der Waals surface area contributed by atoms with E-state index in [1.54, 1.807) is 42.1 Å². The van der Waals surface area contributed by atoms with E-state index in [1.165, 1.54) is 0 Å². The number of halogens is 1. The van der Waals surface area contributed by atoms with Crippen molar-refractivity contribution in [2.24, 2.45) is 0 Å². The van der Waals surface area contributed by atoms with Crippen molar-refractivity contribution in [3.05, 3.63) is 52.3 Å². The molecule has 10 heteroatoms. The smallest absolute Gasteiger partial charge is 0.271 e. The van der Waals surface area contributed by atoms with Crippen LogP contribution in [0.5, 0.6) is 0 Å². The summed E-state index contributed by atoms with van der Waals surface area (Å²) in [6.45, 7) is 1.22. The number of carbonyl (C=O) groups excluding carboxylic acids is 1. The lowest BCUT2D eigenvalue weighted by molar-refractivity contribution is 0.0931. The second-order valence-corrected chi connectivity index (χ2v) is 8.55. The number of ether oxygens (including phenoxy) is 1. The lowest BCUT2D eigenvalue weighted by atomic mass is 10.2. The van der Waals surface area contributed by atoms with Gasteiger partial charge in [0.05, 0.1) is 18.9 Å². The molecule has 146 valence electrons. The first-order chi connectivity index (χ1) is 12.9. The van der Waals surface area contributed by atoms with Crippen LogP contribution in [0.2, 0.25) is 5.02 Å². The van der Waals surface area contributed by atoms with Gasteiger partial charge >= 0.3 is 0 Å². The third kappa shape index (κ3) is 5.29. The minimum atomic E-state index is -3.50. The summed E-state index contributed by atoms with van der Waals surface area (Å²) in [4.78, 5) is 12.0. The van der Waals surface area contributed by atoms with Crippen molar-refractivity contribution in [2.45, 2.75) is 24.8 Å². The van der Waals surface area contributed by atoms with Gasteiger partial charge < -0.3 is 10.1 Å². The van der Waals surface area contributed by atoms with E-state index in [1.807, 2.05) is 0 Å². The summed E-state index contributed by atoms with van der Waals surface area (Å²) < 4.78 is 34.0. The number of nitrogens with one attached hydrogen (secondary N) is 2. The highest BCUT2D eigenvalue weighted by Crippen LogP contribution is 2.18. The number of carbonyl (C=O) groups is 1. The Kier molecular flexibility index (Phi) is 6.15. The zero-order valence-corrected chi connectivity index (χ0v) is 16.4. The van der Waals surface area contributed by atoms with Crippen molar-refractivity contribution in [1.82, 2.24) is 19.8 Å². The molecule has 0 spiro atoms. The average molecular weight is 413 g/mol. The maximum absolute atomic E-state index is 12.4. The van der Waals surface area contributed by atoms with Gasteiger partial charge in [0.25, 0.3) is 5.91 Å². The number of hydrogen-bond acceptors (Lipinski definition) is 5. The number of hydrogen-bond donors (Lipinski definition) is 2. The Morgan fingerprint density at radius 3 is 2.78 bits per heavy atom. The van der Waals surface area contributed by atoms with Gasteiger partial charge in [0.2, 0.25) is 10.0 Å². The molecule has 3 rings (SSSR count). The zero-order chi connectivity index (χ0) is 19.4. The summed E-state index contributed by atoms with van der Waals surface area (Å²) in [5, 5.41) is 7.53. The van der Waals surface area contributed by atoms with Crippen molar-refractivity contribution >= 4 is 27.5 Å². The number of nitrogens with zero attached hydrogens (tertiary/aromatic N) is 2. The Morgan fingerprint density at radius 2 is 2.11 bits per heavy atom. The van der Waals surface area contributed by atoms with Gasteiger partial charge in [0, 0.05) is 36.8 Å². The quantitative estimate of drug-likeness (QED) is 0.628. The van der Waals surface area contributed by atoms with Crippen LogP contribution in [0.15, 0.2) is 30.3 Å². The molecule has 1 aromatic carbocycles.